The molecule has 0 radical (unpaired) electrons. The van der Waals surface area contributed by atoms with Gasteiger partial charge in [-0.05, 0) is 30.7 Å². The molecule has 1 aliphatic heterocycles. The molecular weight excluding hydrogens is 390 g/mol. The predicted octanol–water partition coefficient (Wildman–Crippen LogP) is 2.88. The number of esters is 1. The Kier molecular flexibility index (Phi) is 6.56. The molecule has 30 heavy (non-hydrogen) atoms. The zero-order valence-electron chi connectivity index (χ0n) is 17.1. The maximum absolute atomic E-state index is 12.5. The van der Waals surface area contributed by atoms with Gasteiger partial charge in [0.2, 0.25) is 5.91 Å². The van der Waals surface area contributed by atoms with E-state index in [2.05, 4.69) is 0 Å². The zero-order chi connectivity index (χ0) is 21.7. The lowest BCUT2D eigenvalue weighted by molar-refractivity contribution is -0.117. The summed E-state index contributed by atoms with van der Waals surface area (Å²) in [5, 5.41) is 0. The maximum atomic E-state index is 12.5. The molecule has 0 unspecified atom stereocenters. The van der Waals surface area contributed by atoms with Crippen molar-refractivity contribution in [3.05, 3.63) is 47.5 Å². The van der Waals surface area contributed by atoms with Gasteiger partial charge in [0.1, 0.15) is 11.3 Å². The first-order valence-corrected chi connectivity index (χ1v) is 9.39. The van der Waals surface area contributed by atoms with Crippen LogP contribution in [0.25, 0.3) is 0 Å². The fourth-order valence-electron chi connectivity index (χ4n) is 3.23. The largest absolute Gasteiger partial charge is 0.496 e. The molecule has 0 aromatic heterocycles. The molecule has 0 N–H and O–H groups in total. The molecule has 8 nitrogen and oxygen atoms in total. The van der Waals surface area contributed by atoms with E-state index in [-0.39, 0.29) is 23.0 Å². The summed E-state index contributed by atoms with van der Waals surface area (Å²) in [5.41, 5.74) is 1.25. The molecule has 1 heterocycles. The smallest absolute Gasteiger partial charge is 0.342 e. The highest BCUT2D eigenvalue weighted by Gasteiger charge is 2.22. The number of hydrogen-bond donors (Lipinski definition) is 0. The van der Waals surface area contributed by atoms with Gasteiger partial charge in [0.15, 0.2) is 23.9 Å². The number of ether oxygens (including phenoxy) is 4. The normalized spacial score (nSPS) is 13.2. The average Bonchev–Trinajstić information content (AvgIpc) is 3.22. The number of ketones is 1. The van der Waals surface area contributed by atoms with Crippen LogP contribution < -0.4 is 19.1 Å². The molecule has 0 saturated carbocycles. The third-order valence-electron chi connectivity index (χ3n) is 4.83. The van der Waals surface area contributed by atoms with Gasteiger partial charge >= 0.3 is 5.97 Å². The van der Waals surface area contributed by atoms with Gasteiger partial charge in [0, 0.05) is 36.3 Å². The molecule has 3 rings (SSSR count). The Hall–Kier alpha value is -3.55. The van der Waals surface area contributed by atoms with Crippen molar-refractivity contribution in [2.75, 3.05) is 39.4 Å². The molecule has 1 saturated heterocycles. The predicted molar refractivity (Wildman–Crippen MR) is 109 cm³/mol. The van der Waals surface area contributed by atoms with Gasteiger partial charge in [-0.2, -0.15) is 0 Å². The van der Waals surface area contributed by atoms with Crippen molar-refractivity contribution >= 4 is 23.3 Å². The lowest BCUT2D eigenvalue weighted by atomic mass is 10.1. The summed E-state index contributed by atoms with van der Waals surface area (Å²) in [6.07, 6.45) is 1.37. The Bertz CT molecular complexity index is 953. The second-order valence-corrected chi connectivity index (χ2v) is 6.60. The van der Waals surface area contributed by atoms with Crippen molar-refractivity contribution in [3.8, 4) is 17.2 Å². The van der Waals surface area contributed by atoms with Crippen LogP contribution in [0.15, 0.2) is 36.4 Å². The van der Waals surface area contributed by atoms with Crippen LogP contribution in [0.5, 0.6) is 17.2 Å². The van der Waals surface area contributed by atoms with Crippen LogP contribution >= 0.6 is 0 Å². The van der Waals surface area contributed by atoms with Crippen molar-refractivity contribution in [1.82, 2.24) is 0 Å². The topological polar surface area (TPSA) is 91.4 Å². The number of rotatable bonds is 8. The molecule has 2 aromatic rings. The zero-order valence-corrected chi connectivity index (χ0v) is 17.1. The summed E-state index contributed by atoms with van der Waals surface area (Å²) in [5.74, 6) is -0.0266. The van der Waals surface area contributed by atoms with Gasteiger partial charge in [-0.1, -0.05) is 0 Å². The van der Waals surface area contributed by atoms with Crippen molar-refractivity contribution in [1.29, 1.82) is 0 Å². The van der Waals surface area contributed by atoms with E-state index in [9.17, 15) is 14.4 Å². The number of benzene rings is 2. The second-order valence-electron chi connectivity index (χ2n) is 6.60. The molecule has 0 atom stereocenters. The van der Waals surface area contributed by atoms with E-state index < -0.39 is 12.6 Å². The molecule has 0 aliphatic carbocycles. The lowest BCUT2D eigenvalue weighted by Gasteiger charge is -2.16. The van der Waals surface area contributed by atoms with Crippen LogP contribution in [0, 0.1) is 0 Å². The average molecular weight is 413 g/mol. The van der Waals surface area contributed by atoms with Crippen LogP contribution in [-0.4, -0.2) is 52.1 Å². The summed E-state index contributed by atoms with van der Waals surface area (Å²) in [6.45, 7) is 0.245. The van der Waals surface area contributed by atoms with Crippen LogP contribution in [-0.2, 0) is 9.53 Å². The number of hydrogen-bond acceptors (Lipinski definition) is 7. The molecule has 1 fully saturated rings. The van der Waals surface area contributed by atoms with E-state index in [0.717, 1.165) is 12.1 Å². The van der Waals surface area contributed by atoms with Gasteiger partial charge in [-0.3, -0.25) is 9.59 Å². The third-order valence-corrected chi connectivity index (χ3v) is 4.83. The SMILES string of the molecule is COc1cc(OC)c(C(=O)OCC(=O)c2ccc(N3CCCC3=O)cc2)cc1OC. The van der Waals surface area contributed by atoms with E-state index in [1.807, 2.05) is 0 Å². The number of anilines is 1. The molecular formula is C22H23NO7. The van der Waals surface area contributed by atoms with Crippen molar-refractivity contribution in [2.24, 2.45) is 0 Å². The van der Waals surface area contributed by atoms with Crippen LogP contribution in [0.1, 0.15) is 33.6 Å². The highest BCUT2D eigenvalue weighted by Crippen LogP contribution is 2.35. The standard InChI is InChI=1S/C22H23NO7/c1-27-18-12-20(29-3)19(28-2)11-16(18)22(26)30-13-17(24)14-6-8-15(9-7-14)23-10-4-5-21(23)25/h6-9,11-12H,4-5,10,13H2,1-3H3. The summed E-state index contributed by atoms with van der Waals surface area (Å²) < 4.78 is 20.8. The quantitative estimate of drug-likeness (QED) is 0.485. The fourth-order valence-corrected chi connectivity index (χ4v) is 3.23. The minimum Gasteiger partial charge on any atom is -0.496 e. The molecule has 0 bridgehead atoms. The minimum atomic E-state index is -0.722. The van der Waals surface area contributed by atoms with Crippen LogP contribution in [0.4, 0.5) is 5.69 Å². The Morgan fingerprint density at radius 1 is 0.933 bits per heavy atom. The van der Waals surface area contributed by atoms with Crippen LogP contribution in [0.2, 0.25) is 0 Å². The van der Waals surface area contributed by atoms with E-state index in [4.69, 9.17) is 18.9 Å². The van der Waals surface area contributed by atoms with E-state index in [0.29, 0.717) is 30.0 Å². The monoisotopic (exact) mass is 413 g/mol. The second kappa shape index (κ2) is 9.30. The third kappa shape index (κ3) is 4.37. The van der Waals surface area contributed by atoms with Gasteiger partial charge in [0.05, 0.1) is 21.3 Å². The summed E-state index contributed by atoms with van der Waals surface area (Å²) in [4.78, 5) is 38.4. The Morgan fingerprint density at radius 3 is 2.13 bits per heavy atom. The van der Waals surface area contributed by atoms with Crippen molar-refractivity contribution in [2.45, 2.75) is 12.8 Å². The molecule has 0 spiro atoms. The van der Waals surface area contributed by atoms with Gasteiger partial charge in [0.25, 0.3) is 0 Å². The highest BCUT2D eigenvalue weighted by atomic mass is 16.5. The number of Topliss-reactive ketones (excluding diaryl/α,β-unsaturated/α-hetero) is 1. The fraction of sp³-hybridized carbons (Fsp3) is 0.318. The number of carbonyl (C=O) groups excluding carboxylic acids is 3. The first kappa shape index (κ1) is 21.2. The molecule has 2 aromatic carbocycles. The highest BCUT2D eigenvalue weighted by molar-refractivity contribution is 6.01. The summed E-state index contributed by atoms with van der Waals surface area (Å²) >= 11 is 0. The molecule has 8 heteroatoms. The number of nitrogens with zero attached hydrogens (tertiary/aromatic N) is 1. The summed E-state index contributed by atoms with van der Waals surface area (Å²) in [6, 6.07) is 9.62. The van der Waals surface area contributed by atoms with Crippen molar-refractivity contribution in [3.63, 3.8) is 0 Å². The number of carbonyl (C=O) groups is 3. The first-order valence-electron chi connectivity index (χ1n) is 9.39. The Morgan fingerprint density at radius 2 is 1.57 bits per heavy atom. The lowest BCUT2D eigenvalue weighted by Crippen LogP contribution is -2.23. The van der Waals surface area contributed by atoms with E-state index in [1.165, 1.54) is 33.5 Å². The Balaban J connectivity index is 1.67. The number of methoxy groups -OCH3 is 3. The van der Waals surface area contributed by atoms with Gasteiger partial charge in [-0.25, -0.2) is 4.79 Å². The van der Waals surface area contributed by atoms with E-state index >= 15 is 0 Å². The van der Waals surface area contributed by atoms with Crippen molar-refractivity contribution < 1.29 is 33.3 Å². The minimum absolute atomic E-state index is 0.0758. The molecule has 1 aliphatic rings. The number of amides is 1. The summed E-state index contributed by atoms with van der Waals surface area (Å²) in [7, 11) is 4.33. The first-order chi connectivity index (χ1) is 14.5. The van der Waals surface area contributed by atoms with Gasteiger partial charge in [-0.15, -0.1) is 0 Å². The van der Waals surface area contributed by atoms with Gasteiger partial charge < -0.3 is 23.8 Å². The molecule has 158 valence electrons. The maximum Gasteiger partial charge on any atom is 0.342 e. The van der Waals surface area contributed by atoms with E-state index in [1.54, 1.807) is 29.2 Å². The van der Waals surface area contributed by atoms with Crippen LogP contribution in [0.3, 0.4) is 0 Å². The Labute approximate surface area is 174 Å². The molecule has 1 amide bonds.